The Morgan fingerprint density at radius 1 is 1.24 bits per heavy atom. The molecular weight excluding hydrogens is 278 g/mol. The number of hydrogen-bond donors (Lipinski definition) is 1. The van der Waals surface area contributed by atoms with Gasteiger partial charge in [-0.25, -0.2) is 0 Å². The van der Waals surface area contributed by atoms with Crippen LogP contribution in [0.15, 0.2) is 30.3 Å². The molecule has 1 fully saturated rings. The predicted octanol–water partition coefficient (Wildman–Crippen LogP) is 2.47. The van der Waals surface area contributed by atoms with Gasteiger partial charge in [-0.2, -0.15) is 0 Å². The SMILES string of the molecule is CN(CC(C(N)=S)c1ccccc1)CC1(N(C)C)CCC1. The van der Waals surface area contributed by atoms with E-state index in [2.05, 4.69) is 43.1 Å². The van der Waals surface area contributed by atoms with Crippen molar-refractivity contribution in [3.05, 3.63) is 35.9 Å². The largest absolute Gasteiger partial charge is 0.393 e. The van der Waals surface area contributed by atoms with Gasteiger partial charge in [-0.1, -0.05) is 42.5 Å². The Morgan fingerprint density at radius 3 is 2.29 bits per heavy atom. The molecule has 0 amide bonds. The van der Waals surface area contributed by atoms with E-state index in [1.165, 1.54) is 24.8 Å². The summed E-state index contributed by atoms with van der Waals surface area (Å²) < 4.78 is 0. The summed E-state index contributed by atoms with van der Waals surface area (Å²) in [5, 5.41) is 0. The van der Waals surface area contributed by atoms with E-state index >= 15 is 0 Å². The van der Waals surface area contributed by atoms with E-state index in [-0.39, 0.29) is 5.92 Å². The van der Waals surface area contributed by atoms with Crippen molar-refractivity contribution in [3.8, 4) is 0 Å². The molecule has 0 spiro atoms. The molecule has 0 heterocycles. The average molecular weight is 305 g/mol. The Labute approximate surface area is 134 Å². The van der Waals surface area contributed by atoms with E-state index in [9.17, 15) is 0 Å². The molecule has 1 aromatic carbocycles. The van der Waals surface area contributed by atoms with Gasteiger partial charge >= 0.3 is 0 Å². The van der Waals surface area contributed by atoms with Crippen molar-refractivity contribution in [1.29, 1.82) is 0 Å². The number of thiocarbonyl (C=S) groups is 1. The highest BCUT2D eigenvalue weighted by Crippen LogP contribution is 2.36. The van der Waals surface area contributed by atoms with Crippen LogP contribution in [0, 0.1) is 0 Å². The van der Waals surface area contributed by atoms with Gasteiger partial charge in [0.2, 0.25) is 0 Å². The number of hydrogen-bond acceptors (Lipinski definition) is 3. The molecule has 2 rings (SSSR count). The summed E-state index contributed by atoms with van der Waals surface area (Å²) in [4.78, 5) is 5.35. The molecule has 0 radical (unpaired) electrons. The fourth-order valence-electron chi connectivity index (χ4n) is 3.26. The standard InChI is InChI=1S/C17H27N3S/c1-19(2)17(10-7-11-17)13-20(3)12-15(16(18)21)14-8-5-4-6-9-14/h4-6,8-9,15H,7,10-13H2,1-3H3,(H2,18,21). The highest BCUT2D eigenvalue weighted by Gasteiger charge is 2.40. The Bertz CT molecular complexity index is 468. The lowest BCUT2D eigenvalue weighted by atomic mass is 9.75. The molecule has 0 aliphatic heterocycles. The van der Waals surface area contributed by atoms with Crippen LogP contribution in [0.3, 0.4) is 0 Å². The second-order valence-electron chi connectivity index (χ2n) is 6.53. The molecule has 1 atom stereocenters. The zero-order valence-electron chi connectivity index (χ0n) is 13.4. The molecule has 1 aromatic rings. The summed E-state index contributed by atoms with van der Waals surface area (Å²) in [6, 6.07) is 10.4. The molecule has 116 valence electrons. The van der Waals surface area contributed by atoms with Crippen molar-refractivity contribution in [3.63, 3.8) is 0 Å². The Morgan fingerprint density at radius 2 is 1.86 bits per heavy atom. The third-order valence-corrected chi connectivity index (χ3v) is 5.12. The van der Waals surface area contributed by atoms with Gasteiger partial charge in [0, 0.05) is 24.5 Å². The van der Waals surface area contributed by atoms with Gasteiger partial charge in [-0.15, -0.1) is 0 Å². The lowest BCUT2D eigenvalue weighted by molar-refractivity contribution is 0.0276. The van der Waals surface area contributed by atoms with Crippen LogP contribution in [0.1, 0.15) is 30.7 Å². The number of benzene rings is 1. The van der Waals surface area contributed by atoms with Gasteiger partial charge < -0.3 is 15.5 Å². The minimum atomic E-state index is 0.130. The minimum absolute atomic E-state index is 0.130. The Balaban J connectivity index is 2.02. The van der Waals surface area contributed by atoms with E-state index < -0.39 is 0 Å². The number of rotatable bonds is 7. The normalized spacial score (nSPS) is 18.5. The van der Waals surface area contributed by atoms with Crippen molar-refractivity contribution >= 4 is 17.2 Å². The molecule has 3 nitrogen and oxygen atoms in total. The number of nitrogens with two attached hydrogens (primary N) is 1. The van der Waals surface area contributed by atoms with Crippen molar-refractivity contribution in [2.45, 2.75) is 30.7 Å². The molecule has 1 aliphatic rings. The first-order valence-corrected chi connectivity index (χ1v) is 8.06. The topological polar surface area (TPSA) is 32.5 Å². The summed E-state index contributed by atoms with van der Waals surface area (Å²) in [6.45, 7) is 1.96. The fourth-order valence-corrected chi connectivity index (χ4v) is 3.47. The Hall–Kier alpha value is -0.970. The van der Waals surface area contributed by atoms with Crippen LogP contribution >= 0.6 is 12.2 Å². The minimum Gasteiger partial charge on any atom is -0.393 e. The Kier molecular flexibility index (Phi) is 5.36. The van der Waals surface area contributed by atoms with Crippen LogP contribution in [0.25, 0.3) is 0 Å². The summed E-state index contributed by atoms with van der Waals surface area (Å²) in [5.74, 6) is 0.130. The van der Waals surface area contributed by atoms with Crippen LogP contribution in [0.5, 0.6) is 0 Å². The van der Waals surface area contributed by atoms with E-state index in [1.807, 2.05) is 18.2 Å². The van der Waals surface area contributed by atoms with Crippen LogP contribution in [0.4, 0.5) is 0 Å². The van der Waals surface area contributed by atoms with E-state index in [0.717, 1.165) is 13.1 Å². The maximum absolute atomic E-state index is 5.98. The van der Waals surface area contributed by atoms with Gasteiger partial charge in [-0.05, 0) is 46.0 Å². The average Bonchev–Trinajstić information content (AvgIpc) is 2.40. The summed E-state index contributed by atoms with van der Waals surface area (Å²) in [5.41, 5.74) is 7.53. The monoisotopic (exact) mass is 305 g/mol. The zero-order valence-corrected chi connectivity index (χ0v) is 14.2. The molecule has 0 aromatic heterocycles. The molecule has 1 aliphatic carbocycles. The van der Waals surface area contributed by atoms with E-state index in [4.69, 9.17) is 18.0 Å². The summed E-state index contributed by atoms with van der Waals surface area (Å²) >= 11 is 5.29. The van der Waals surface area contributed by atoms with E-state index in [0.29, 0.717) is 10.5 Å². The highest BCUT2D eigenvalue weighted by molar-refractivity contribution is 7.80. The molecule has 4 heteroatoms. The van der Waals surface area contributed by atoms with Crippen LogP contribution in [0.2, 0.25) is 0 Å². The lowest BCUT2D eigenvalue weighted by Crippen LogP contribution is -2.57. The van der Waals surface area contributed by atoms with Crippen molar-refractivity contribution in [2.75, 3.05) is 34.2 Å². The molecule has 0 bridgehead atoms. The third kappa shape index (κ3) is 3.82. The fraction of sp³-hybridized carbons (Fsp3) is 0.588. The lowest BCUT2D eigenvalue weighted by Gasteiger charge is -2.49. The molecule has 21 heavy (non-hydrogen) atoms. The van der Waals surface area contributed by atoms with Crippen molar-refractivity contribution in [2.24, 2.45) is 5.73 Å². The highest BCUT2D eigenvalue weighted by atomic mass is 32.1. The smallest absolute Gasteiger partial charge is 0.0816 e. The zero-order chi connectivity index (χ0) is 15.5. The molecule has 0 saturated heterocycles. The summed E-state index contributed by atoms with van der Waals surface area (Å²) in [6.07, 6.45) is 3.91. The predicted molar refractivity (Wildman–Crippen MR) is 93.7 cm³/mol. The molecular formula is C17H27N3S. The van der Waals surface area contributed by atoms with Gasteiger partial charge in [0.15, 0.2) is 0 Å². The van der Waals surface area contributed by atoms with Gasteiger partial charge in [0.25, 0.3) is 0 Å². The van der Waals surface area contributed by atoms with Gasteiger partial charge in [0.05, 0.1) is 4.99 Å². The molecule has 1 saturated carbocycles. The van der Waals surface area contributed by atoms with Crippen molar-refractivity contribution < 1.29 is 0 Å². The quantitative estimate of drug-likeness (QED) is 0.785. The second kappa shape index (κ2) is 6.86. The molecule has 1 unspecified atom stereocenters. The first kappa shape index (κ1) is 16.4. The van der Waals surface area contributed by atoms with Crippen LogP contribution < -0.4 is 5.73 Å². The van der Waals surface area contributed by atoms with E-state index in [1.54, 1.807) is 0 Å². The second-order valence-corrected chi connectivity index (χ2v) is 7.01. The summed E-state index contributed by atoms with van der Waals surface area (Å²) in [7, 11) is 6.56. The maximum atomic E-state index is 5.98. The third-order valence-electron chi connectivity index (χ3n) is 4.84. The van der Waals surface area contributed by atoms with Crippen LogP contribution in [-0.4, -0.2) is 54.6 Å². The number of nitrogens with zero attached hydrogens (tertiary/aromatic N) is 2. The first-order chi connectivity index (χ1) is 9.94. The number of likely N-dealkylation sites (N-methyl/N-ethyl adjacent to an activating group) is 2. The van der Waals surface area contributed by atoms with Crippen LogP contribution in [-0.2, 0) is 0 Å². The van der Waals surface area contributed by atoms with Gasteiger partial charge in [-0.3, -0.25) is 0 Å². The molecule has 2 N–H and O–H groups in total. The first-order valence-electron chi connectivity index (χ1n) is 7.65. The maximum Gasteiger partial charge on any atom is 0.0816 e. The van der Waals surface area contributed by atoms with Gasteiger partial charge in [0.1, 0.15) is 0 Å². The van der Waals surface area contributed by atoms with Crippen molar-refractivity contribution in [1.82, 2.24) is 9.80 Å².